The monoisotopic (exact) mass is 282 g/mol. The van der Waals surface area contributed by atoms with Crippen LogP contribution in [-0.2, 0) is 0 Å². The predicted octanol–water partition coefficient (Wildman–Crippen LogP) is 4.72. The first-order chi connectivity index (χ1) is 9.97. The molecule has 108 valence electrons. The van der Waals surface area contributed by atoms with Gasteiger partial charge in [0.15, 0.2) is 0 Å². The van der Waals surface area contributed by atoms with Crippen molar-refractivity contribution in [1.82, 2.24) is 4.98 Å². The molecule has 0 fully saturated rings. The molecule has 0 atom stereocenters. The minimum Gasteiger partial charge on any atom is -0.398 e. The average Bonchev–Trinajstić information content (AvgIpc) is 2.73. The lowest BCUT2D eigenvalue weighted by molar-refractivity contribution is 0.627. The van der Waals surface area contributed by atoms with Gasteiger partial charge in [-0.05, 0) is 54.8 Å². The van der Waals surface area contributed by atoms with Crippen LogP contribution in [0.25, 0.3) is 17.7 Å². The van der Waals surface area contributed by atoms with Gasteiger partial charge in [0, 0.05) is 22.6 Å². The van der Waals surface area contributed by atoms with Gasteiger partial charge in [0.2, 0.25) is 0 Å². The van der Waals surface area contributed by atoms with Gasteiger partial charge in [-0.1, -0.05) is 25.3 Å². The van der Waals surface area contributed by atoms with Gasteiger partial charge in [0.1, 0.15) is 5.82 Å². The van der Waals surface area contributed by atoms with Crippen LogP contribution in [0.3, 0.4) is 0 Å². The summed E-state index contributed by atoms with van der Waals surface area (Å²) in [6, 6.07) is 4.33. The molecule has 0 aliphatic rings. The van der Waals surface area contributed by atoms with Crippen molar-refractivity contribution in [3.8, 4) is 0 Å². The third kappa shape index (κ3) is 2.82. The molecule has 0 aliphatic carbocycles. The summed E-state index contributed by atoms with van der Waals surface area (Å²) < 4.78 is 13.4. The van der Waals surface area contributed by atoms with Crippen molar-refractivity contribution in [3.05, 3.63) is 71.3 Å². The van der Waals surface area contributed by atoms with Crippen LogP contribution in [0.5, 0.6) is 0 Å². The predicted molar refractivity (Wildman–Crippen MR) is 89.2 cm³/mol. The maximum Gasteiger partial charge on any atom is 0.123 e. The summed E-state index contributed by atoms with van der Waals surface area (Å²) in [7, 11) is 0. The summed E-state index contributed by atoms with van der Waals surface area (Å²) in [6.07, 6.45) is 5.42. The van der Waals surface area contributed by atoms with Crippen LogP contribution in [0.15, 0.2) is 37.4 Å². The maximum absolute atomic E-state index is 13.4. The number of nitrogens with two attached hydrogens (primary N) is 1. The number of anilines is 1. The zero-order chi connectivity index (χ0) is 15.6. The minimum atomic E-state index is -0.321. The SMILES string of the molecule is C=C/C(=C\c1[nH]c(C)c(C=C)c1C)c1cc(F)ccc1N. The number of H-pyrrole nitrogens is 1. The van der Waals surface area contributed by atoms with E-state index in [1.165, 1.54) is 12.1 Å². The zero-order valence-electron chi connectivity index (χ0n) is 12.3. The number of aryl methyl sites for hydroxylation is 1. The van der Waals surface area contributed by atoms with Crippen LogP contribution in [-0.4, -0.2) is 4.98 Å². The molecule has 0 spiro atoms. The van der Waals surface area contributed by atoms with Crippen LogP contribution < -0.4 is 5.73 Å². The van der Waals surface area contributed by atoms with E-state index in [4.69, 9.17) is 5.73 Å². The smallest absolute Gasteiger partial charge is 0.123 e. The van der Waals surface area contributed by atoms with Gasteiger partial charge in [0.05, 0.1) is 0 Å². The summed E-state index contributed by atoms with van der Waals surface area (Å²) in [5.41, 5.74) is 12.0. The molecule has 0 bridgehead atoms. The number of aromatic amines is 1. The topological polar surface area (TPSA) is 41.8 Å². The van der Waals surface area contributed by atoms with E-state index in [9.17, 15) is 4.39 Å². The fraction of sp³-hybridized carbons (Fsp3) is 0.111. The standard InChI is InChI=1S/C18H19FN2/c1-5-13(16-10-14(19)7-8-17(16)20)9-18-11(3)15(6-2)12(4)21-18/h5-10,21H,1-2,20H2,3-4H3/b13-9+. The van der Waals surface area contributed by atoms with Crippen LogP contribution in [0.1, 0.15) is 28.1 Å². The molecule has 2 aromatic rings. The second-order valence-corrected chi connectivity index (χ2v) is 4.94. The number of nitrogen functional groups attached to an aromatic ring is 1. The summed E-state index contributed by atoms with van der Waals surface area (Å²) >= 11 is 0. The second-order valence-electron chi connectivity index (χ2n) is 4.94. The molecule has 0 saturated heterocycles. The lowest BCUT2D eigenvalue weighted by atomic mass is 10.0. The first-order valence-electron chi connectivity index (χ1n) is 6.69. The Labute approximate surface area is 124 Å². The number of halogens is 1. The van der Waals surface area contributed by atoms with Crippen LogP contribution in [0, 0.1) is 19.7 Å². The minimum absolute atomic E-state index is 0.321. The molecule has 3 N–H and O–H groups in total. The fourth-order valence-corrected chi connectivity index (χ4v) is 2.42. The normalized spacial score (nSPS) is 11.5. The third-order valence-electron chi connectivity index (χ3n) is 3.58. The molecule has 3 heteroatoms. The Bertz CT molecular complexity index is 736. The van der Waals surface area contributed by atoms with E-state index in [2.05, 4.69) is 18.1 Å². The molecule has 1 heterocycles. The summed E-state index contributed by atoms with van der Waals surface area (Å²) in [5.74, 6) is -0.321. The molecular formula is C18H19FN2. The van der Waals surface area contributed by atoms with Crippen molar-refractivity contribution in [2.24, 2.45) is 0 Å². The molecule has 0 aliphatic heterocycles. The van der Waals surface area contributed by atoms with Crippen LogP contribution in [0.4, 0.5) is 10.1 Å². The van der Waals surface area contributed by atoms with Gasteiger partial charge in [-0.2, -0.15) is 0 Å². The molecular weight excluding hydrogens is 263 g/mol. The molecule has 0 radical (unpaired) electrons. The van der Waals surface area contributed by atoms with Gasteiger partial charge < -0.3 is 10.7 Å². The number of aromatic nitrogens is 1. The van der Waals surface area contributed by atoms with Gasteiger partial charge in [0.25, 0.3) is 0 Å². The quantitative estimate of drug-likeness (QED) is 0.618. The highest BCUT2D eigenvalue weighted by atomic mass is 19.1. The Hall–Kier alpha value is -2.55. The van der Waals surface area contributed by atoms with E-state index in [1.54, 1.807) is 12.1 Å². The molecule has 0 saturated carbocycles. The van der Waals surface area contributed by atoms with Gasteiger partial charge in [-0.3, -0.25) is 0 Å². The van der Waals surface area contributed by atoms with E-state index >= 15 is 0 Å². The Kier molecular flexibility index (Phi) is 4.13. The molecule has 2 nitrogen and oxygen atoms in total. The number of rotatable bonds is 4. The number of nitrogens with one attached hydrogen (secondary N) is 1. The average molecular weight is 282 g/mol. The van der Waals surface area contributed by atoms with E-state index in [-0.39, 0.29) is 5.82 Å². The number of hydrogen-bond donors (Lipinski definition) is 2. The van der Waals surface area contributed by atoms with E-state index in [0.29, 0.717) is 11.3 Å². The zero-order valence-corrected chi connectivity index (χ0v) is 12.3. The lowest BCUT2D eigenvalue weighted by Crippen LogP contribution is -1.94. The Morgan fingerprint density at radius 1 is 1.29 bits per heavy atom. The maximum atomic E-state index is 13.4. The van der Waals surface area contributed by atoms with Crippen molar-refractivity contribution in [2.45, 2.75) is 13.8 Å². The summed E-state index contributed by atoms with van der Waals surface area (Å²) in [5, 5.41) is 0. The van der Waals surface area contributed by atoms with Gasteiger partial charge >= 0.3 is 0 Å². The number of benzene rings is 1. The third-order valence-corrected chi connectivity index (χ3v) is 3.58. The van der Waals surface area contributed by atoms with Crippen molar-refractivity contribution in [2.75, 3.05) is 5.73 Å². The lowest BCUT2D eigenvalue weighted by Gasteiger charge is -2.07. The van der Waals surface area contributed by atoms with Crippen molar-refractivity contribution < 1.29 is 4.39 Å². The van der Waals surface area contributed by atoms with Crippen molar-refractivity contribution in [1.29, 1.82) is 0 Å². The van der Waals surface area contributed by atoms with Crippen LogP contribution in [0.2, 0.25) is 0 Å². The van der Waals surface area contributed by atoms with Crippen LogP contribution >= 0.6 is 0 Å². The second kappa shape index (κ2) is 5.83. The van der Waals surface area contributed by atoms with Gasteiger partial charge in [-0.15, -0.1) is 0 Å². The largest absolute Gasteiger partial charge is 0.398 e. The summed E-state index contributed by atoms with van der Waals surface area (Å²) in [6.45, 7) is 11.6. The highest BCUT2D eigenvalue weighted by Crippen LogP contribution is 2.28. The summed E-state index contributed by atoms with van der Waals surface area (Å²) in [4.78, 5) is 3.30. The molecule has 0 amide bonds. The Morgan fingerprint density at radius 3 is 2.57 bits per heavy atom. The first kappa shape index (κ1) is 14.9. The molecule has 1 aromatic heterocycles. The van der Waals surface area contributed by atoms with Crippen molar-refractivity contribution in [3.63, 3.8) is 0 Å². The molecule has 21 heavy (non-hydrogen) atoms. The van der Waals surface area contributed by atoms with E-state index in [1.807, 2.05) is 26.0 Å². The highest BCUT2D eigenvalue weighted by Gasteiger charge is 2.10. The number of allylic oxidation sites excluding steroid dienone is 2. The molecule has 2 rings (SSSR count). The molecule has 1 aromatic carbocycles. The Balaban J connectivity index is 2.58. The Morgan fingerprint density at radius 2 is 2.00 bits per heavy atom. The molecule has 0 unspecified atom stereocenters. The van der Waals surface area contributed by atoms with E-state index < -0.39 is 0 Å². The fourth-order valence-electron chi connectivity index (χ4n) is 2.42. The first-order valence-corrected chi connectivity index (χ1v) is 6.69. The van der Waals surface area contributed by atoms with Gasteiger partial charge in [-0.25, -0.2) is 4.39 Å². The van der Waals surface area contributed by atoms with E-state index in [0.717, 1.165) is 28.1 Å². The number of hydrogen-bond acceptors (Lipinski definition) is 1. The van der Waals surface area contributed by atoms with Crippen molar-refractivity contribution >= 4 is 23.4 Å². The highest BCUT2D eigenvalue weighted by molar-refractivity contribution is 5.91.